The van der Waals surface area contributed by atoms with Gasteiger partial charge in [0.05, 0.1) is 12.2 Å². The third-order valence-electron chi connectivity index (χ3n) is 6.37. The van der Waals surface area contributed by atoms with E-state index in [0.29, 0.717) is 23.4 Å². The van der Waals surface area contributed by atoms with E-state index in [1.165, 1.54) is 25.3 Å². The molecule has 0 unspecified atom stereocenters. The number of carbonyl (C=O) groups is 2. The molecule has 1 saturated carbocycles. The van der Waals surface area contributed by atoms with Gasteiger partial charge in [-0.15, -0.1) is 0 Å². The number of ether oxygens (including phenoxy) is 2. The molecule has 0 amide bonds. The Balaban J connectivity index is 1.41. The van der Waals surface area contributed by atoms with Gasteiger partial charge in [-0.1, -0.05) is 38.3 Å². The van der Waals surface area contributed by atoms with Gasteiger partial charge in [0.25, 0.3) is 0 Å². The van der Waals surface area contributed by atoms with E-state index in [-0.39, 0.29) is 18.7 Å². The molecule has 0 atom stereocenters. The fraction of sp³-hybridized carbons (Fsp3) is 0.429. The van der Waals surface area contributed by atoms with E-state index < -0.39 is 5.97 Å². The quantitative estimate of drug-likeness (QED) is 0.271. The molecule has 3 rings (SSSR count). The van der Waals surface area contributed by atoms with Crippen LogP contribution >= 0.6 is 0 Å². The fourth-order valence-electron chi connectivity index (χ4n) is 4.30. The SMILES string of the molecule is CCCCC1CCC(OC(=O)c2ccc(C=CC(=O)OCCc3cc(N)ccc3N)cc2)CC1. The maximum Gasteiger partial charge on any atom is 0.338 e. The molecule has 2 aromatic carbocycles. The van der Waals surface area contributed by atoms with Crippen molar-refractivity contribution in [1.29, 1.82) is 0 Å². The van der Waals surface area contributed by atoms with Crippen molar-refractivity contribution in [2.45, 2.75) is 64.4 Å². The molecule has 0 aromatic heterocycles. The zero-order valence-electron chi connectivity index (χ0n) is 20.0. The number of rotatable bonds is 10. The van der Waals surface area contributed by atoms with Crippen LogP contribution in [0.4, 0.5) is 11.4 Å². The summed E-state index contributed by atoms with van der Waals surface area (Å²) in [6, 6.07) is 12.3. The van der Waals surface area contributed by atoms with Crippen molar-refractivity contribution >= 4 is 29.4 Å². The molecule has 0 aliphatic heterocycles. The molecular formula is C28H36N2O4. The first kappa shape index (κ1) is 25.3. The summed E-state index contributed by atoms with van der Waals surface area (Å²) in [6.07, 6.45) is 11.5. The van der Waals surface area contributed by atoms with Crippen molar-refractivity contribution in [2.75, 3.05) is 18.1 Å². The summed E-state index contributed by atoms with van der Waals surface area (Å²) < 4.78 is 11.0. The molecule has 34 heavy (non-hydrogen) atoms. The van der Waals surface area contributed by atoms with Crippen molar-refractivity contribution < 1.29 is 19.1 Å². The van der Waals surface area contributed by atoms with E-state index in [9.17, 15) is 9.59 Å². The largest absolute Gasteiger partial charge is 0.462 e. The summed E-state index contributed by atoms with van der Waals surface area (Å²) in [4.78, 5) is 24.5. The molecule has 182 valence electrons. The molecule has 0 heterocycles. The van der Waals surface area contributed by atoms with Crippen LogP contribution in [0.5, 0.6) is 0 Å². The normalized spacial score (nSPS) is 18.0. The second kappa shape index (κ2) is 12.8. The lowest BCUT2D eigenvalue weighted by Crippen LogP contribution is -2.24. The van der Waals surface area contributed by atoms with Crippen molar-refractivity contribution in [1.82, 2.24) is 0 Å². The van der Waals surface area contributed by atoms with E-state index in [1.807, 2.05) is 0 Å². The molecule has 0 radical (unpaired) electrons. The van der Waals surface area contributed by atoms with Gasteiger partial charge in [-0.25, -0.2) is 9.59 Å². The summed E-state index contributed by atoms with van der Waals surface area (Å²) in [5, 5.41) is 0. The van der Waals surface area contributed by atoms with Crippen LogP contribution in [0.25, 0.3) is 6.08 Å². The Morgan fingerprint density at radius 1 is 1.03 bits per heavy atom. The molecule has 6 heteroatoms. The predicted octanol–water partition coefficient (Wildman–Crippen LogP) is 5.56. The molecular weight excluding hydrogens is 428 g/mol. The molecule has 2 aromatic rings. The van der Waals surface area contributed by atoms with Gasteiger partial charge in [-0.3, -0.25) is 0 Å². The number of carbonyl (C=O) groups excluding carboxylic acids is 2. The van der Waals surface area contributed by atoms with E-state index in [4.69, 9.17) is 20.9 Å². The van der Waals surface area contributed by atoms with Gasteiger partial charge in [-0.2, -0.15) is 0 Å². The number of hydrogen-bond donors (Lipinski definition) is 2. The average molecular weight is 465 g/mol. The zero-order valence-corrected chi connectivity index (χ0v) is 20.0. The molecule has 1 fully saturated rings. The zero-order chi connectivity index (χ0) is 24.3. The second-order valence-electron chi connectivity index (χ2n) is 9.02. The number of esters is 2. The molecule has 6 nitrogen and oxygen atoms in total. The van der Waals surface area contributed by atoms with E-state index in [2.05, 4.69) is 6.92 Å². The van der Waals surface area contributed by atoms with Crippen LogP contribution in [0.15, 0.2) is 48.5 Å². The summed E-state index contributed by atoms with van der Waals surface area (Å²) in [7, 11) is 0. The van der Waals surface area contributed by atoms with Crippen LogP contribution in [0.1, 0.15) is 73.4 Å². The predicted molar refractivity (Wildman–Crippen MR) is 136 cm³/mol. The Morgan fingerprint density at radius 3 is 2.47 bits per heavy atom. The second-order valence-corrected chi connectivity index (χ2v) is 9.02. The number of benzene rings is 2. The minimum atomic E-state index is -0.444. The minimum Gasteiger partial charge on any atom is -0.462 e. The van der Waals surface area contributed by atoms with Gasteiger partial charge in [0, 0.05) is 23.9 Å². The summed E-state index contributed by atoms with van der Waals surface area (Å²) >= 11 is 0. The number of nitrogens with two attached hydrogens (primary N) is 2. The molecule has 0 saturated heterocycles. The van der Waals surface area contributed by atoms with Crippen LogP contribution in [-0.4, -0.2) is 24.6 Å². The summed E-state index contributed by atoms with van der Waals surface area (Å²) in [6.45, 7) is 2.43. The fourth-order valence-corrected chi connectivity index (χ4v) is 4.30. The monoisotopic (exact) mass is 464 g/mol. The van der Waals surface area contributed by atoms with Crippen molar-refractivity contribution in [2.24, 2.45) is 5.92 Å². The van der Waals surface area contributed by atoms with Crippen LogP contribution in [0.3, 0.4) is 0 Å². The topological polar surface area (TPSA) is 105 Å². The number of anilines is 2. The van der Waals surface area contributed by atoms with Crippen molar-refractivity contribution in [3.63, 3.8) is 0 Å². The third-order valence-corrected chi connectivity index (χ3v) is 6.37. The first-order valence-corrected chi connectivity index (χ1v) is 12.2. The Kier molecular flexibility index (Phi) is 9.56. The average Bonchev–Trinajstić information content (AvgIpc) is 2.84. The van der Waals surface area contributed by atoms with Gasteiger partial charge in [-0.05, 0) is 79.1 Å². The van der Waals surface area contributed by atoms with Gasteiger partial charge < -0.3 is 20.9 Å². The Morgan fingerprint density at radius 2 is 1.76 bits per heavy atom. The Hall–Kier alpha value is -3.28. The molecule has 4 N–H and O–H groups in total. The van der Waals surface area contributed by atoms with Gasteiger partial charge in [0.15, 0.2) is 0 Å². The standard InChI is InChI=1S/C28H36N2O4/c1-2-3-4-20-7-13-25(14-8-20)34-28(32)22-10-5-21(6-11-22)9-16-27(31)33-18-17-23-19-24(29)12-15-26(23)30/h5-6,9-12,15-16,19-20,25H,2-4,7-8,13-14,17-18,29-30H2,1H3. The van der Waals surface area contributed by atoms with E-state index >= 15 is 0 Å². The lowest BCUT2D eigenvalue weighted by atomic mass is 9.84. The third kappa shape index (κ3) is 7.94. The van der Waals surface area contributed by atoms with Crippen LogP contribution < -0.4 is 11.5 Å². The summed E-state index contributed by atoms with van der Waals surface area (Å²) in [5.41, 5.74) is 15.1. The van der Waals surface area contributed by atoms with E-state index in [0.717, 1.165) is 42.7 Å². The smallest absolute Gasteiger partial charge is 0.338 e. The number of nitrogen functional groups attached to an aromatic ring is 2. The highest BCUT2D eigenvalue weighted by Gasteiger charge is 2.24. The van der Waals surface area contributed by atoms with Crippen LogP contribution in [0, 0.1) is 5.92 Å². The molecule has 0 spiro atoms. The Bertz CT molecular complexity index is 976. The molecule has 0 bridgehead atoms. The lowest BCUT2D eigenvalue weighted by Gasteiger charge is -2.28. The van der Waals surface area contributed by atoms with Gasteiger partial charge >= 0.3 is 11.9 Å². The van der Waals surface area contributed by atoms with Crippen LogP contribution in [-0.2, 0) is 20.7 Å². The Labute approximate surface area is 202 Å². The minimum absolute atomic E-state index is 0.0161. The summed E-state index contributed by atoms with van der Waals surface area (Å²) in [5.74, 6) is 0.0520. The first-order chi connectivity index (χ1) is 16.4. The molecule has 1 aliphatic rings. The maximum atomic E-state index is 12.5. The number of hydrogen-bond acceptors (Lipinski definition) is 6. The highest BCUT2D eigenvalue weighted by molar-refractivity contribution is 5.90. The van der Waals surface area contributed by atoms with Gasteiger partial charge in [0.1, 0.15) is 6.10 Å². The highest BCUT2D eigenvalue weighted by atomic mass is 16.5. The van der Waals surface area contributed by atoms with Crippen LogP contribution in [0.2, 0.25) is 0 Å². The maximum absolute atomic E-state index is 12.5. The van der Waals surface area contributed by atoms with Crippen molar-refractivity contribution in [3.05, 3.63) is 65.2 Å². The first-order valence-electron chi connectivity index (χ1n) is 12.2. The lowest BCUT2D eigenvalue weighted by molar-refractivity contribution is -0.137. The number of unbranched alkanes of at least 4 members (excludes halogenated alkanes) is 1. The van der Waals surface area contributed by atoms with E-state index in [1.54, 1.807) is 48.5 Å². The van der Waals surface area contributed by atoms with Crippen molar-refractivity contribution in [3.8, 4) is 0 Å². The molecule has 1 aliphatic carbocycles. The van der Waals surface area contributed by atoms with Gasteiger partial charge in [0.2, 0.25) is 0 Å². The highest BCUT2D eigenvalue weighted by Crippen LogP contribution is 2.30.